The van der Waals surface area contributed by atoms with E-state index in [0.717, 1.165) is 10.2 Å². The van der Waals surface area contributed by atoms with Crippen molar-refractivity contribution in [3.05, 3.63) is 52.6 Å². The number of carbonyl (C=O) groups excluding carboxylic acids is 1. The van der Waals surface area contributed by atoms with E-state index in [4.69, 9.17) is 9.47 Å². The van der Waals surface area contributed by atoms with E-state index in [1.807, 2.05) is 31.2 Å². The molecule has 1 unspecified atom stereocenters. The summed E-state index contributed by atoms with van der Waals surface area (Å²) in [4.78, 5) is 39.3. The molecule has 10 heteroatoms. The Kier molecular flexibility index (Phi) is 6.45. The molecule has 33 heavy (non-hydrogen) atoms. The van der Waals surface area contributed by atoms with Crippen LogP contribution >= 0.6 is 11.3 Å². The number of methoxy groups -OCH3 is 2. The van der Waals surface area contributed by atoms with Crippen molar-refractivity contribution < 1.29 is 14.3 Å². The van der Waals surface area contributed by atoms with Crippen LogP contribution in [0.2, 0.25) is 0 Å². The molecule has 4 rings (SSSR count). The van der Waals surface area contributed by atoms with Crippen LogP contribution < -0.4 is 20.3 Å². The molecule has 0 saturated heterocycles. The molecular weight excluding hydrogens is 442 g/mol. The van der Waals surface area contributed by atoms with Crippen LogP contribution in [0.5, 0.6) is 11.5 Å². The third-order valence-corrected chi connectivity index (χ3v) is 6.27. The number of H-pyrrole nitrogens is 1. The number of benzene rings is 2. The van der Waals surface area contributed by atoms with Gasteiger partial charge in [-0.05, 0) is 32.0 Å². The first-order valence-electron chi connectivity index (χ1n) is 10.5. The highest BCUT2D eigenvalue weighted by atomic mass is 32.1. The maximum Gasteiger partial charge on any atom is 0.258 e. The van der Waals surface area contributed by atoms with Crippen LogP contribution in [-0.2, 0) is 11.3 Å². The fraction of sp³-hybridized carbons (Fsp3) is 0.304. The molecule has 2 aromatic heterocycles. The van der Waals surface area contributed by atoms with E-state index in [2.05, 4.69) is 20.3 Å². The Morgan fingerprint density at radius 1 is 1.15 bits per heavy atom. The van der Waals surface area contributed by atoms with Gasteiger partial charge in [0.2, 0.25) is 5.91 Å². The first-order chi connectivity index (χ1) is 15.9. The van der Waals surface area contributed by atoms with Gasteiger partial charge < -0.3 is 24.7 Å². The van der Waals surface area contributed by atoms with Crippen molar-refractivity contribution in [3.8, 4) is 11.5 Å². The minimum absolute atomic E-state index is 0.119. The maximum atomic E-state index is 13.1. The lowest BCUT2D eigenvalue weighted by atomic mass is 10.2. The van der Waals surface area contributed by atoms with Crippen molar-refractivity contribution in [1.29, 1.82) is 0 Å². The molecule has 1 atom stereocenters. The van der Waals surface area contributed by atoms with E-state index < -0.39 is 6.04 Å². The average molecular weight is 468 g/mol. The first-order valence-corrected chi connectivity index (χ1v) is 11.3. The highest BCUT2D eigenvalue weighted by Crippen LogP contribution is 2.30. The number of amides is 1. The zero-order valence-corrected chi connectivity index (χ0v) is 19.7. The molecule has 2 N–H and O–H groups in total. The van der Waals surface area contributed by atoms with Gasteiger partial charge in [0.15, 0.2) is 16.6 Å². The molecule has 0 radical (unpaired) electrons. The number of rotatable bonds is 8. The smallest absolute Gasteiger partial charge is 0.258 e. The van der Waals surface area contributed by atoms with E-state index in [9.17, 15) is 9.59 Å². The van der Waals surface area contributed by atoms with Crippen molar-refractivity contribution >= 4 is 43.5 Å². The van der Waals surface area contributed by atoms with E-state index in [1.54, 1.807) is 24.0 Å². The molecule has 0 spiro atoms. The summed E-state index contributed by atoms with van der Waals surface area (Å²) < 4.78 is 11.6. The van der Waals surface area contributed by atoms with Crippen molar-refractivity contribution in [2.45, 2.75) is 26.4 Å². The maximum absolute atomic E-state index is 13.1. The van der Waals surface area contributed by atoms with Crippen LogP contribution in [0, 0.1) is 0 Å². The molecule has 0 aliphatic heterocycles. The van der Waals surface area contributed by atoms with Gasteiger partial charge in [-0.15, -0.1) is 0 Å². The lowest BCUT2D eigenvalue weighted by molar-refractivity contribution is -0.132. The highest BCUT2D eigenvalue weighted by molar-refractivity contribution is 7.22. The standard InChI is InChI=1S/C23H25N5O4S/c1-5-28(22(30)13(2)24-23-26-15-8-6-7-9-19(15)33-23)12-20-25-16-11-18(32-4)17(31-3)10-14(16)21(29)27-20/h6-11,13H,5,12H2,1-4H3,(H,24,26)(H,25,27,29). The van der Waals surface area contributed by atoms with Crippen LogP contribution in [0.25, 0.3) is 21.1 Å². The molecule has 4 aromatic rings. The van der Waals surface area contributed by atoms with Crippen molar-refractivity contribution in [3.63, 3.8) is 0 Å². The van der Waals surface area contributed by atoms with Gasteiger partial charge in [-0.1, -0.05) is 23.5 Å². The minimum atomic E-state index is -0.498. The van der Waals surface area contributed by atoms with Crippen LogP contribution in [0.1, 0.15) is 19.7 Å². The summed E-state index contributed by atoms with van der Waals surface area (Å²) in [6, 6.07) is 10.6. The van der Waals surface area contributed by atoms with Crippen LogP contribution in [0.3, 0.4) is 0 Å². The summed E-state index contributed by atoms with van der Waals surface area (Å²) in [7, 11) is 3.03. The lowest BCUT2D eigenvalue weighted by Crippen LogP contribution is -2.41. The van der Waals surface area contributed by atoms with Gasteiger partial charge >= 0.3 is 0 Å². The summed E-state index contributed by atoms with van der Waals surface area (Å²) >= 11 is 1.50. The monoisotopic (exact) mass is 467 g/mol. The minimum Gasteiger partial charge on any atom is -0.493 e. The van der Waals surface area contributed by atoms with Crippen LogP contribution in [0.15, 0.2) is 41.2 Å². The molecular formula is C23H25N5O4S. The summed E-state index contributed by atoms with van der Waals surface area (Å²) in [5.74, 6) is 1.20. The van der Waals surface area contributed by atoms with Gasteiger partial charge in [0.1, 0.15) is 11.9 Å². The van der Waals surface area contributed by atoms with Gasteiger partial charge in [-0.2, -0.15) is 0 Å². The second-order valence-electron chi connectivity index (χ2n) is 7.44. The molecule has 1 amide bonds. The average Bonchev–Trinajstić information content (AvgIpc) is 3.23. The normalized spacial score (nSPS) is 12.0. The van der Waals surface area contributed by atoms with Gasteiger partial charge in [0.05, 0.1) is 41.9 Å². The third kappa shape index (κ3) is 4.61. The Bertz CT molecular complexity index is 1330. The van der Waals surface area contributed by atoms with E-state index in [0.29, 0.717) is 39.9 Å². The van der Waals surface area contributed by atoms with Crippen LogP contribution in [-0.4, -0.2) is 52.6 Å². The Balaban J connectivity index is 1.54. The number of aromatic nitrogens is 3. The van der Waals surface area contributed by atoms with Crippen molar-refractivity contribution in [1.82, 2.24) is 19.9 Å². The van der Waals surface area contributed by atoms with Crippen LogP contribution in [0.4, 0.5) is 5.13 Å². The number of anilines is 1. The predicted octanol–water partition coefficient (Wildman–Crippen LogP) is 3.40. The number of nitrogens with zero attached hydrogens (tertiary/aromatic N) is 3. The van der Waals surface area contributed by atoms with Gasteiger partial charge in [-0.3, -0.25) is 9.59 Å². The molecule has 0 aliphatic carbocycles. The first kappa shape index (κ1) is 22.5. The summed E-state index contributed by atoms with van der Waals surface area (Å²) in [6.45, 7) is 4.30. The summed E-state index contributed by atoms with van der Waals surface area (Å²) in [5, 5.41) is 4.27. The van der Waals surface area contributed by atoms with E-state index in [-0.39, 0.29) is 18.0 Å². The lowest BCUT2D eigenvalue weighted by Gasteiger charge is -2.24. The predicted molar refractivity (Wildman–Crippen MR) is 129 cm³/mol. The molecule has 0 saturated carbocycles. The van der Waals surface area contributed by atoms with E-state index >= 15 is 0 Å². The van der Waals surface area contributed by atoms with Gasteiger partial charge in [-0.25, -0.2) is 9.97 Å². The second kappa shape index (κ2) is 9.45. The Morgan fingerprint density at radius 2 is 1.88 bits per heavy atom. The molecule has 9 nitrogen and oxygen atoms in total. The number of hydrogen-bond donors (Lipinski definition) is 2. The number of nitrogens with one attached hydrogen (secondary N) is 2. The Morgan fingerprint density at radius 3 is 2.58 bits per heavy atom. The zero-order chi connectivity index (χ0) is 23.5. The number of thiazole rings is 1. The number of carbonyl (C=O) groups is 1. The SMILES string of the molecule is CCN(Cc1nc2cc(OC)c(OC)cc2c(=O)[nH]1)C(=O)C(C)Nc1nc2ccccc2s1. The van der Waals surface area contributed by atoms with E-state index in [1.165, 1.54) is 25.6 Å². The zero-order valence-electron chi connectivity index (χ0n) is 18.8. The number of aromatic amines is 1. The molecule has 0 aliphatic rings. The summed E-state index contributed by atoms with van der Waals surface area (Å²) in [5.41, 5.74) is 1.05. The Hall–Kier alpha value is -3.66. The number of fused-ring (bicyclic) bond motifs is 2. The molecule has 0 fully saturated rings. The quantitative estimate of drug-likeness (QED) is 0.409. The van der Waals surface area contributed by atoms with Gasteiger partial charge in [0, 0.05) is 12.6 Å². The number of likely N-dealkylation sites (N-methyl/N-ethyl adjacent to an activating group) is 1. The number of para-hydroxylation sites is 1. The molecule has 2 aromatic carbocycles. The Labute approximate surface area is 194 Å². The third-order valence-electron chi connectivity index (χ3n) is 5.30. The largest absolute Gasteiger partial charge is 0.493 e. The second-order valence-corrected chi connectivity index (χ2v) is 8.47. The highest BCUT2D eigenvalue weighted by Gasteiger charge is 2.22. The van der Waals surface area contributed by atoms with Crippen molar-refractivity contribution in [2.24, 2.45) is 0 Å². The molecule has 2 heterocycles. The molecule has 0 bridgehead atoms. The molecule has 172 valence electrons. The number of ether oxygens (including phenoxy) is 2. The topological polar surface area (TPSA) is 109 Å². The van der Waals surface area contributed by atoms with Crippen molar-refractivity contribution in [2.75, 3.05) is 26.1 Å². The van der Waals surface area contributed by atoms with Gasteiger partial charge in [0.25, 0.3) is 5.56 Å². The fourth-order valence-electron chi connectivity index (χ4n) is 3.57. The summed E-state index contributed by atoms with van der Waals surface area (Å²) in [6.07, 6.45) is 0. The fourth-order valence-corrected chi connectivity index (χ4v) is 4.52. The number of hydrogen-bond acceptors (Lipinski definition) is 8.